The standard InChI is InChI=1S/C15H21N3O/c1-12-7-5-6-8-13(12)19-10-9-14-16-11-17-18(14)15(2,3)4/h5-8,11H,9-10H2,1-4H3. The maximum Gasteiger partial charge on any atom is 0.138 e. The molecule has 0 amide bonds. The van der Waals surface area contributed by atoms with Crippen LogP contribution in [0.5, 0.6) is 5.75 Å². The van der Waals surface area contributed by atoms with E-state index in [9.17, 15) is 0 Å². The van der Waals surface area contributed by atoms with Crippen molar-refractivity contribution in [2.75, 3.05) is 6.61 Å². The van der Waals surface area contributed by atoms with E-state index in [1.807, 2.05) is 35.9 Å². The first-order valence-electron chi connectivity index (χ1n) is 6.56. The van der Waals surface area contributed by atoms with Gasteiger partial charge >= 0.3 is 0 Å². The van der Waals surface area contributed by atoms with Crippen molar-refractivity contribution in [3.63, 3.8) is 0 Å². The summed E-state index contributed by atoms with van der Waals surface area (Å²) in [5, 5.41) is 4.28. The van der Waals surface area contributed by atoms with Gasteiger partial charge in [0.25, 0.3) is 0 Å². The molecule has 2 rings (SSSR count). The summed E-state index contributed by atoms with van der Waals surface area (Å²) in [4.78, 5) is 4.31. The van der Waals surface area contributed by atoms with Crippen LogP contribution in [-0.2, 0) is 12.0 Å². The van der Waals surface area contributed by atoms with Crippen LogP contribution in [0.2, 0.25) is 0 Å². The zero-order valence-corrected chi connectivity index (χ0v) is 12.1. The molecule has 1 heterocycles. The van der Waals surface area contributed by atoms with Gasteiger partial charge in [-0.3, -0.25) is 0 Å². The van der Waals surface area contributed by atoms with E-state index in [-0.39, 0.29) is 5.54 Å². The Hall–Kier alpha value is -1.84. The monoisotopic (exact) mass is 259 g/mol. The summed E-state index contributed by atoms with van der Waals surface area (Å²) in [5.41, 5.74) is 1.11. The number of para-hydroxylation sites is 1. The molecule has 0 fully saturated rings. The van der Waals surface area contributed by atoms with Gasteiger partial charge in [-0.2, -0.15) is 5.10 Å². The van der Waals surface area contributed by atoms with Gasteiger partial charge in [-0.05, 0) is 39.3 Å². The van der Waals surface area contributed by atoms with Crippen molar-refractivity contribution >= 4 is 0 Å². The molecule has 19 heavy (non-hydrogen) atoms. The number of benzene rings is 1. The number of nitrogens with zero attached hydrogens (tertiary/aromatic N) is 3. The molecule has 0 aliphatic rings. The number of ether oxygens (including phenoxy) is 1. The molecule has 2 aromatic rings. The first-order valence-corrected chi connectivity index (χ1v) is 6.56. The van der Waals surface area contributed by atoms with E-state index in [1.165, 1.54) is 0 Å². The van der Waals surface area contributed by atoms with Gasteiger partial charge in [-0.15, -0.1) is 0 Å². The Morgan fingerprint density at radius 3 is 2.63 bits per heavy atom. The maximum absolute atomic E-state index is 5.80. The smallest absolute Gasteiger partial charge is 0.138 e. The number of aryl methyl sites for hydroxylation is 1. The van der Waals surface area contributed by atoms with E-state index >= 15 is 0 Å². The maximum atomic E-state index is 5.80. The minimum absolute atomic E-state index is 0.0471. The van der Waals surface area contributed by atoms with Crippen LogP contribution < -0.4 is 4.74 Å². The second-order valence-electron chi connectivity index (χ2n) is 5.62. The summed E-state index contributed by atoms with van der Waals surface area (Å²) in [6, 6.07) is 8.04. The van der Waals surface area contributed by atoms with Crippen LogP contribution in [0.1, 0.15) is 32.2 Å². The lowest BCUT2D eigenvalue weighted by Crippen LogP contribution is -2.26. The van der Waals surface area contributed by atoms with Crippen LogP contribution in [-0.4, -0.2) is 21.4 Å². The molecule has 0 radical (unpaired) electrons. The van der Waals surface area contributed by atoms with Gasteiger partial charge in [0.05, 0.1) is 12.1 Å². The zero-order chi connectivity index (χ0) is 13.9. The van der Waals surface area contributed by atoms with Crippen molar-refractivity contribution < 1.29 is 4.74 Å². The molecule has 4 nitrogen and oxygen atoms in total. The van der Waals surface area contributed by atoms with Crippen molar-refractivity contribution in [3.8, 4) is 5.75 Å². The molecule has 0 saturated heterocycles. The predicted octanol–water partition coefficient (Wildman–Crippen LogP) is 2.96. The van der Waals surface area contributed by atoms with E-state index in [1.54, 1.807) is 6.33 Å². The third kappa shape index (κ3) is 3.34. The molecular weight excluding hydrogens is 238 g/mol. The second kappa shape index (κ2) is 5.43. The second-order valence-corrected chi connectivity index (χ2v) is 5.62. The van der Waals surface area contributed by atoms with E-state index in [0.717, 1.165) is 23.6 Å². The van der Waals surface area contributed by atoms with Crippen molar-refractivity contribution in [3.05, 3.63) is 42.0 Å². The average molecular weight is 259 g/mol. The molecule has 0 aliphatic carbocycles. The lowest BCUT2D eigenvalue weighted by molar-refractivity contribution is 0.296. The highest BCUT2D eigenvalue weighted by Gasteiger charge is 2.18. The summed E-state index contributed by atoms with van der Waals surface area (Å²) in [7, 11) is 0. The molecule has 0 aliphatic heterocycles. The van der Waals surface area contributed by atoms with E-state index in [0.29, 0.717) is 6.61 Å². The Labute approximate surface area is 114 Å². The highest BCUT2D eigenvalue weighted by Crippen LogP contribution is 2.17. The van der Waals surface area contributed by atoms with Gasteiger partial charge in [-0.25, -0.2) is 9.67 Å². The molecule has 0 N–H and O–H groups in total. The van der Waals surface area contributed by atoms with Crippen molar-refractivity contribution in [2.45, 2.75) is 39.7 Å². The first kappa shape index (κ1) is 13.6. The number of hydrogen-bond donors (Lipinski definition) is 0. The van der Waals surface area contributed by atoms with Crippen molar-refractivity contribution in [1.82, 2.24) is 14.8 Å². The fourth-order valence-corrected chi connectivity index (χ4v) is 1.97. The third-order valence-electron chi connectivity index (χ3n) is 2.93. The van der Waals surface area contributed by atoms with Crippen LogP contribution in [0.25, 0.3) is 0 Å². The molecular formula is C15H21N3O. The lowest BCUT2D eigenvalue weighted by atomic mass is 10.1. The third-order valence-corrected chi connectivity index (χ3v) is 2.93. The Morgan fingerprint density at radius 2 is 1.95 bits per heavy atom. The van der Waals surface area contributed by atoms with E-state index < -0.39 is 0 Å². The SMILES string of the molecule is Cc1ccccc1OCCc1ncnn1C(C)(C)C. The molecule has 0 unspecified atom stereocenters. The summed E-state index contributed by atoms with van der Waals surface area (Å²) in [5.74, 6) is 1.89. The van der Waals surface area contributed by atoms with Crippen LogP contribution in [0.3, 0.4) is 0 Å². The molecule has 0 saturated carbocycles. The number of aromatic nitrogens is 3. The van der Waals surface area contributed by atoms with E-state index in [4.69, 9.17) is 4.74 Å². The largest absolute Gasteiger partial charge is 0.493 e. The topological polar surface area (TPSA) is 39.9 Å². The lowest BCUT2D eigenvalue weighted by Gasteiger charge is -2.21. The summed E-state index contributed by atoms with van der Waals surface area (Å²) < 4.78 is 7.75. The highest BCUT2D eigenvalue weighted by molar-refractivity contribution is 5.31. The zero-order valence-electron chi connectivity index (χ0n) is 12.1. The Balaban J connectivity index is 1.97. The molecule has 0 bridgehead atoms. The summed E-state index contributed by atoms with van der Waals surface area (Å²) in [6.45, 7) is 9.01. The van der Waals surface area contributed by atoms with Crippen LogP contribution in [0.15, 0.2) is 30.6 Å². The molecule has 0 spiro atoms. The molecule has 1 aromatic carbocycles. The molecule has 102 valence electrons. The Bertz CT molecular complexity index is 540. The van der Waals surface area contributed by atoms with Gasteiger partial charge in [0.2, 0.25) is 0 Å². The van der Waals surface area contributed by atoms with Gasteiger partial charge in [0.15, 0.2) is 0 Å². The number of rotatable bonds is 4. The van der Waals surface area contributed by atoms with Gasteiger partial charge < -0.3 is 4.74 Å². The molecule has 0 atom stereocenters. The first-order chi connectivity index (χ1) is 8.98. The molecule has 1 aromatic heterocycles. The fourth-order valence-electron chi connectivity index (χ4n) is 1.97. The van der Waals surface area contributed by atoms with Crippen molar-refractivity contribution in [1.29, 1.82) is 0 Å². The molecule has 4 heteroatoms. The van der Waals surface area contributed by atoms with Gasteiger partial charge in [0, 0.05) is 6.42 Å². The van der Waals surface area contributed by atoms with Crippen LogP contribution in [0, 0.1) is 6.92 Å². The summed E-state index contributed by atoms with van der Waals surface area (Å²) in [6.07, 6.45) is 2.36. The van der Waals surface area contributed by atoms with Crippen molar-refractivity contribution in [2.24, 2.45) is 0 Å². The fraction of sp³-hybridized carbons (Fsp3) is 0.467. The minimum atomic E-state index is -0.0471. The predicted molar refractivity (Wildman–Crippen MR) is 75.4 cm³/mol. The van der Waals surface area contributed by atoms with E-state index in [2.05, 4.69) is 30.9 Å². The minimum Gasteiger partial charge on any atom is -0.493 e. The van der Waals surface area contributed by atoms with Crippen LogP contribution in [0.4, 0.5) is 0 Å². The summed E-state index contributed by atoms with van der Waals surface area (Å²) >= 11 is 0. The highest BCUT2D eigenvalue weighted by atomic mass is 16.5. The van der Waals surface area contributed by atoms with Crippen LogP contribution >= 0.6 is 0 Å². The Kier molecular flexibility index (Phi) is 3.88. The quantitative estimate of drug-likeness (QED) is 0.847. The average Bonchev–Trinajstić information content (AvgIpc) is 2.80. The normalized spacial score (nSPS) is 11.6. The van der Waals surface area contributed by atoms with Gasteiger partial charge in [0.1, 0.15) is 17.9 Å². The number of hydrogen-bond acceptors (Lipinski definition) is 3. The van der Waals surface area contributed by atoms with Gasteiger partial charge in [-0.1, -0.05) is 18.2 Å². The Morgan fingerprint density at radius 1 is 1.21 bits per heavy atom.